The zero-order chi connectivity index (χ0) is 30.2. The second-order valence-corrected chi connectivity index (χ2v) is 14.5. The zero-order valence-corrected chi connectivity index (χ0v) is 25.5. The Labute approximate surface area is 248 Å². The third kappa shape index (κ3) is 4.58. The van der Waals surface area contributed by atoms with Crippen LogP contribution in [0.25, 0.3) is 0 Å². The normalized spacial score (nSPS) is 52.0. The Balaban J connectivity index is 1.20. The van der Waals surface area contributed by atoms with Crippen molar-refractivity contribution < 1.29 is 48.6 Å². The van der Waals surface area contributed by atoms with Gasteiger partial charge in [-0.05, 0) is 80.6 Å². The van der Waals surface area contributed by atoms with Gasteiger partial charge in [-0.15, -0.1) is 0 Å². The van der Waals surface area contributed by atoms with Gasteiger partial charge in [0.1, 0.15) is 31.0 Å². The van der Waals surface area contributed by atoms with Gasteiger partial charge in [-0.3, -0.25) is 4.79 Å². The largest absolute Gasteiger partial charge is 0.462 e. The fourth-order valence-corrected chi connectivity index (χ4v) is 10.4. The molecule has 14 atom stereocenters. The van der Waals surface area contributed by atoms with Crippen LogP contribution >= 0.6 is 0 Å². The second-order valence-electron chi connectivity index (χ2n) is 14.5. The number of hydrogen-bond donors (Lipinski definition) is 3. The summed E-state index contributed by atoms with van der Waals surface area (Å²) in [6.45, 7) is 7.85. The molecule has 5 fully saturated rings. The van der Waals surface area contributed by atoms with Gasteiger partial charge in [-0.25, -0.2) is 4.79 Å². The van der Waals surface area contributed by atoms with Gasteiger partial charge < -0.3 is 39.0 Å². The van der Waals surface area contributed by atoms with E-state index in [1.807, 2.05) is 0 Å². The van der Waals surface area contributed by atoms with Gasteiger partial charge in [0.05, 0.1) is 17.8 Å². The van der Waals surface area contributed by atoms with E-state index in [2.05, 4.69) is 13.8 Å². The van der Waals surface area contributed by atoms with Crippen LogP contribution in [0, 0.1) is 34.5 Å². The average molecular weight is 593 g/mol. The summed E-state index contributed by atoms with van der Waals surface area (Å²) >= 11 is 0. The zero-order valence-electron chi connectivity index (χ0n) is 25.5. The summed E-state index contributed by atoms with van der Waals surface area (Å²) < 4.78 is 28.7. The Morgan fingerprint density at radius 1 is 1.07 bits per heavy atom. The quantitative estimate of drug-likeness (QED) is 0.322. The molecule has 0 aromatic carbocycles. The highest BCUT2D eigenvalue weighted by Gasteiger charge is 2.71. The lowest BCUT2D eigenvalue weighted by Gasteiger charge is -2.63. The molecule has 0 radical (unpaired) electrons. The molecule has 4 saturated carbocycles. The highest BCUT2D eigenvalue weighted by Crippen LogP contribution is 2.70. The number of carbonyl (C=O) groups excluding carboxylic acids is 2. The van der Waals surface area contributed by atoms with Crippen LogP contribution in [0.5, 0.6) is 0 Å². The summed E-state index contributed by atoms with van der Waals surface area (Å²) in [5.74, 6) is -0.234. The highest BCUT2D eigenvalue weighted by molar-refractivity contribution is 5.85. The van der Waals surface area contributed by atoms with E-state index in [0.717, 1.165) is 50.5 Å². The molecule has 10 nitrogen and oxygen atoms in total. The number of methoxy groups -OCH3 is 1. The minimum atomic E-state index is -1.08. The van der Waals surface area contributed by atoms with Crippen LogP contribution in [0.4, 0.5) is 0 Å². The summed E-state index contributed by atoms with van der Waals surface area (Å²) in [5.41, 5.74) is -0.720. The number of rotatable bonds is 5. The Morgan fingerprint density at radius 2 is 1.83 bits per heavy atom. The molecule has 3 N–H and O–H groups in total. The standard InChI is InChI=1S/C32H48O10/c1-16-26(35)28(38-5)27(36)29(40-16)42-20-8-10-30(3)19(13-20)6-7-22-21(30)9-11-31(4)25(18-12-24(34)39-15-18)23(41-17(2)33)14-32(22,31)37/h12,16,19-23,25-29,35-37H,6-11,13-15H2,1-5H3/t16-,19-,20-,21+,22-,23+,25+,26+,27+,28-,29-,30-,31+,32-/m0/s1. The van der Waals surface area contributed by atoms with Crippen molar-refractivity contribution in [2.24, 2.45) is 34.5 Å². The van der Waals surface area contributed by atoms with Crippen molar-refractivity contribution in [1.82, 2.24) is 0 Å². The molecule has 4 aliphatic carbocycles. The van der Waals surface area contributed by atoms with E-state index in [1.165, 1.54) is 20.1 Å². The van der Waals surface area contributed by atoms with Gasteiger partial charge in [-0.2, -0.15) is 0 Å². The van der Waals surface area contributed by atoms with Crippen molar-refractivity contribution >= 4 is 11.9 Å². The van der Waals surface area contributed by atoms with Crippen LogP contribution in [0.1, 0.15) is 79.1 Å². The molecule has 0 amide bonds. The summed E-state index contributed by atoms with van der Waals surface area (Å²) in [6.07, 6.45) is 3.36. The van der Waals surface area contributed by atoms with Crippen LogP contribution in [0.3, 0.4) is 0 Å². The van der Waals surface area contributed by atoms with Crippen LogP contribution in [-0.2, 0) is 33.3 Å². The van der Waals surface area contributed by atoms with E-state index in [0.29, 0.717) is 18.3 Å². The van der Waals surface area contributed by atoms with Crippen molar-refractivity contribution in [3.05, 3.63) is 11.6 Å². The summed E-state index contributed by atoms with van der Waals surface area (Å²) in [7, 11) is 1.47. The first kappa shape index (κ1) is 30.5. The maximum atomic E-state index is 12.7. The van der Waals surface area contributed by atoms with Crippen molar-refractivity contribution in [2.75, 3.05) is 13.7 Å². The van der Waals surface area contributed by atoms with Gasteiger partial charge in [0.15, 0.2) is 6.29 Å². The van der Waals surface area contributed by atoms with E-state index in [9.17, 15) is 24.9 Å². The minimum absolute atomic E-state index is 0.0190. The molecule has 0 aromatic rings. The van der Waals surface area contributed by atoms with Crippen molar-refractivity contribution in [2.45, 2.75) is 128 Å². The molecule has 1 saturated heterocycles. The van der Waals surface area contributed by atoms with Gasteiger partial charge in [0.2, 0.25) is 0 Å². The van der Waals surface area contributed by atoms with Crippen LogP contribution < -0.4 is 0 Å². The van der Waals surface area contributed by atoms with E-state index in [1.54, 1.807) is 6.92 Å². The molecule has 0 bridgehead atoms. The maximum Gasteiger partial charge on any atom is 0.331 e. The Kier molecular flexibility index (Phi) is 7.84. The number of carbonyl (C=O) groups is 2. The summed E-state index contributed by atoms with van der Waals surface area (Å²) in [6, 6.07) is 0. The molecule has 0 unspecified atom stereocenters. The molecule has 10 heteroatoms. The number of fused-ring (bicyclic) bond motifs is 5. The molecule has 0 spiro atoms. The van der Waals surface area contributed by atoms with Crippen LogP contribution in [-0.4, -0.2) is 89.5 Å². The van der Waals surface area contributed by atoms with Crippen molar-refractivity contribution in [3.8, 4) is 0 Å². The lowest BCUT2D eigenvalue weighted by Crippen LogP contribution is -2.62. The van der Waals surface area contributed by atoms with E-state index >= 15 is 0 Å². The van der Waals surface area contributed by atoms with Gasteiger partial charge in [0, 0.05) is 37.9 Å². The van der Waals surface area contributed by atoms with Gasteiger partial charge >= 0.3 is 11.9 Å². The second kappa shape index (κ2) is 10.8. The number of esters is 2. The predicted molar refractivity (Wildman–Crippen MR) is 149 cm³/mol. The highest BCUT2D eigenvalue weighted by atomic mass is 16.7. The summed E-state index contributed by atoms with van der Waals surface area (Å²) in [4.78, 5) is 24.2. The number of hydrogen-bond acceptors (Lipinski definition) is 10. The Bertz CT molecular complexity index is 1110. The number of ether oxygens (including phenoxy) is 5. The molecule has 42 heavy (non-hydrogen) atoms. The summed E-state index contributed by atoms with van der Waals surface area (Å²) in [5, 5.41) is 33.8. The van der Waals surface area contributed by atoms with Gasteiger partial charge in [0.25, 0.3) is 0 Å². The maximum absolute atomic E-state index is 12.7. The average Bonchev–Trinajstić information content (AvgIpc) is 3.44. The number of aliphatic hydroxyl groups excluding tert-OH is 2. The minimum Gasteiger partial charge on any atom is -0.462 e. The molecule has 2 aliphatic heterocycles. The predicted octanol–water partition coefficient (Wildman–Crippen LogP) is 2.65. The molecule has 0 aromatic heterocycles. The fraction of sp³-hybridized carbons (Fsp3) is 0.875. The molecule has 6 rings (SSSR count). The van der Waals surface area contributed by atoms with Crippen LogP contribution in [0.2, 0.25) is 0 Å². The van der Waals surface area contributed by atoms with E-state index in [4.69, 9.17) is 23.7 Å². The fourth-order valence-electron chi connectivity index (χ4n) is 10.4. The van der Waals surface area contributed by atoms with Crippen LogP contribution in [0.15, 0.2) is 11.6 Å². The topological polar surface area (TPSA) is 141 Å². The monoisotopic (exact) mass is 592 g/mol. The first-order valence-electron chi connectivity index (χ1n) is 15.8. The number of cyclic esters (lactones) is 1. The van der Waals surface area contributed by atoms with E-state index in [-0.39, 0.29) is 41.9 Å². The van der Waals surface area contributed by atoms with Crippen molar-refractivity contribution in [3.63, 3.8) is 0 Å². The van der Waals surface area contributed by atoms with Gasteiger partial charge in [-0.1, -0.05) is 13.8 Å². The molecular weight excluding hydrogens is 544 g/mol. The van der Waals surface area contributed by atoms with E-state index < -0.39 is 47.8 Å². The molecule has 2 heterocycles. The lowest BCUT2D eigenvalue weighted by molar-refractivity contribution is -0.313. The third-order valence-corrected chi connectivity index (χ3v) is 12.6. The lowest BCUT2D eigenvalue weighted by atomic mass is 9.43. The molecule has 236 valence electrons. The molecule has 6 aliphatic rings. The Hall–Kier alpha value is -1.56. The first-order valence-corrected chi connectivity index (χ1v) is 15.8. The first-order chi connectivity index (χ1) is 19.8. The molecular formula is C32H48O10. The van der Waals surface area contributed by atoms with Crippen molar-refractivity contribution in [1.29, 1.82) is 0 Å². The SMILES string of the molecule is CO[C@@H]1[C@@H](O)[C@H](O[C@H]2CC[C@@]3(C)[C@@H](CC[C@H]4[C@H]3CC[C@]3(C)[C@H](C5=CC(=O)OC5)[C@H](OC(C)=O)C[C@]43O)C2)O[C@@H](C)[C@H]1O. The third-order valence-electron chi connectivity index (χ3n) is 12.6. The smallest absolute Gasteiger partial charge is 0.331 e. The Morgan fingerprint density at radius 3 is 2.50 bits per heavy atom. The number of aliphatic hydroxyl groups is 3.